The zero-order valence-electron chi connectivity index (χ0n) is 11.6. The van der Waals surface area contributed by atoms with E-state index in [0.717, 1.165) is 23.4 Å². The van der Waals surface area contributed by atoms with E-state index in [0.29, 0.717) is 6.04 Å². The van der Waals surface area contributed by atoms with Crippen LogP contribution in [0.1, 0.15) is 35.8 Å². The molecule has 3 heteroatoms. The monoisotopic (exact) mass is 263 g/mol. The number of hydrogen-bond acceptors (Lipinski definition) is 2. The van der Waals surface area contributed by atoms with E-state index in [-0.39, 0.29) is 0 Å². The molecule has 1 aromatic carbocycles. The Morgan fingerprint density at radius 1 is 1.15 bits per heavy atom. The molecule has 0 unspecified atom stereocenters. The van der Waals surface area contributed by atoms with Crippen molar-refractivity contribution in [2.24, 2.45) is 0 Å². The molecule has 1 aliphatic carbocycles. The molecule has 0 atom stereocenters. The van der Waals surface area contributed by atoms with Crippen molar-refractivity contribution in [3.05, 3.63) is 59.5 Å². The topological polar surface area (TPSA) is 30.7 Å². The van der Waals surface area contributed by atoms with Gasteiger partial charge in [-0.05, 0) is 43.0 Å². The van der Waals surface area contributed by atoms with Crippen LogP contribution in [0.4, 0.5) is 0 Å². The van der Waals surface area contributed by atoms with Gasteiger partial charge in [-0.25, -0.2) is 9.97 Å². The first-order valence-corrected chi connectivity index (χ1v) is 7.19. The SMILES string of the molecule is Cc1ccccc1Cc1nc2cccnc2n1C1CC1. The lowest BCUT2D eigenvalue weighted by atomic mass is 10.1. The minimum absolute atomic E-state index is 0.605. The number of aromatic nitrogens is 3. The van der Waals surface area contributed by atoms with Crippen LogP contribution in [-0.2, 0) is 6.42 Å². The van der Waals surface area contributed by atoms with E-state index in [1.807, 2.05) is 12.3 Å². The van der Waals surface area contributed by atoms with Crippen LogP contribution in [0, 0.1) is 6.92 Å². The molecule has 0 amide bonds. The molecule has 2 heterocycles. The Bertz CT molecular complexity index is 769. The number of hydrogen-bond donors (Lipinski definition) is 0. The largest absolute Gasteiger partial charge is 0.309 e. The van der Waals surface area contributed by atoms with Crippen molar-refractivity contribution in [1.82, 2.24) is 14.5 Å². The maximum atomic E-state index is 4.81. The number of pyridine rings is 1. The van der Waals surface area contributed by atoms with E-state index in [4.69, 9.17) is 4.98 Å². The number of nitrogens with zero attached hydrogens (tertiary/aromatic N) is 3. The summed E-state index contributed by atoms with van der Waals surface area (Å²) in [6, 6.07) is 13.2. The third-order valence-electron chi connectivity index (χ3n) is 4.04. The summed E-state index contributed by atoms with van der Waals surface area (Å²) >= 11 is 0. The zero-order chi connectivity index (χ0) is 13.5. The Balaban J connectivity index is 1.83. The molecule has 100 valence electrons. The van der Waals surface area contributed by atoms with Crippen molar-refractivity contribution in [1.29, 1.82) is 0 Å². The maximum Gasteiger partial charge on any atom is 0.160 e. The Labute approximate surface area is 118 Å². The summed E-state index contributed by atoms with van der Waals surface area (Å²) in [5.41, 5.74) is 4.74. The second-order valence-corrected chi connectivity index (χ2v) is 5.58. The highest BCUT2D eigenvalue weighted by Crippen LogP contribution is 2.38. The van der Waals surface area contributed by atoms with E-state index in [1.54, 1.807) is 0 Å². The summed E-state index contributed by atoms with van der Waals surface area (Å²) in [7, 11) is 0. The Kier molecular flexibility index (Phi) is 2.59. The van der Waals surface area contributed by atoms with Crippen LogP contribution in [0.25, 0.3) is 11.2 Å². The molecule has 4 rings (SSSR count). The number of aryl methyl sites for hydroxylation is 1. The van der Waals surface area contributed by atoms with Crippen LogP contribution in [0.5, 0.6) is 0 Å². The predicted octanol–water partition coefficient (Wildman–Crippen LogP) is 3.67. The summed E-state index contributed by atoms with van der Waals surface area (Å²) in [6.07, 6.45) is 5.26. The van der Waals surface area contributed by atoms with Crippen LogP contribution in [0.2, 0.25) is 0 Å². The average molecular weight is 263 g/mol. The van der Waals surface area contributed by atoms with Gasteiger partial charge in [-0.3, -0.25) is 0 Å². The molecular formula is C17H17N3. The summed E-state index contributed by atoms with van der Waals surface area (Å²) in [4.78, 5) is 9.34. The van der Waals surface area contributed by atoms with Gasteiger partial charge in [-0.1, -0.05) is 24.3 Å². The third kappa shape index (κ3) is 1.90. The molecule has 2 aromatic heterocycles. The summed E-state index contributed by atoms with van der Waals surface area (Å²) < 4.78 is 2.35. The minimum Gasteiger partial charge on any atom is -0.309 e. The van der Waals surface area contributed by atoms with Crippen molar-refractivity contribution in [2.45, 2.75) is 32.2 Å². The normalized spacial score (nSPS) is 14.8. The fraction of sp³-hybridized carbons (Fsp3) is 0.294. The van der Waals surface area contributed by atoms with E-state index in [1.165, 1.54) is 24.0 Å². The first-order valence-electron chi connectivity index (χ1n) is 7.19. The van der Waals surface area contributed by atoms with Gasteiger partial charge in [0.25, 0.3) is 0 Å². The second-order valence-electron chi connectivity index (χ2n) is 5.58. The third-order valence-corrected chi connectivity index (χ3v) is 4.04. The highest BCUT2D eigenvalue weighted by atomic mass is 15.2. The molecule has 0 N–H and O–H groups in total. The average Bonchev–Trinajstić information content (AvgIpc) is 3.23. The maximum absolute atomic E-state index is 4.81. The van der Waals surface area contributed by atoms with Gasteiger partial charge in [0.05, 0.1) is 0 Å². The highest BCUT2D eigenvalue weighted by molar-refractivity contribution is 5.71. The molecule has 0 saturated heterocycles. The van der Waals surface area contributed by atoms with Gasteiger partial charge in [0.15, 0.2) is 5.65 Å². The van der Waals surface area contributed by atoms with Crippen LogP contribution in [0.3, 0.4) is 0 Å². The van der Waals surface area contributed by atoms with Crippen molar-refractivity contribution in [3.8, 4) is 0 Å². The lowest BCUT2D eigenvalue weighted by molar-refractivity contribution is 0.708. The van der Waals surface area contributed by atoms with Gasteiger partial charge in [0.2, 0.25) is 0 Å². The summed E-state index contributed by atoms with van der Waals surface area (Å²) in [5, 5.41) is 0. The summed E-state index contributed by atoms with van der Waals surface area (Å²) in [5.74, 6) is 1.15. The van der Waals surface area contributed by atoms with E-state index < -0.39 is 0 Å². The number of rotatable bonds is 3. The summed E-state index contributed by atoms with van der Waals surface area (Å²) in [6.45, 7) is 2.16. The Morgan fingerprint density at radius 3 is 2.80 bits per heavy atom. The smallest absolute Gasteiger partial charge is 0.160 e. The standard InChI is InChI=1S/C17H17N3/c1-12-5-2-3-6-13(12)11-16-19-15-7-4-10-18-17(15)20(16)14-8-9-14/h2-7,10,14H,8-9,11H2,1H3. The number of imidazole rings is 1. The molecule has 0 spiro atoms. The van der Waals surface area contributed by atoms with Crippen molar-refractivity contribution < 1.29 is 0 Å². The van der Waals surface area contributed by atoms with Gasteiger partial charge >= 0.3 is 0 Å². The Hall–Kier alpha value is -2.16. The van der Waals surface area contributed by atoms with E-state index >= 15 is 0 Å². The molecule has 3 aromatic rings. The molecule has 1 saturated carbocycles. The Morgan fingerprint density at radius 2 is 2.00 bits per heavy atom. The van der Waals surface area contributed by atoms with Crippen LogP contribution in [0.15, 0.2) is 42.6 Å². The van der Waals surface area contributed by atoms with Crippen molar-refractivity contribution >= 4 is 11.2 Å². The lowest BCUT2D eigenvalue weighted by Gasteiger charge is -2.08. The molecule has 20 heavy (non-hydrogen) atoms. The van der Waals surface area contributed by atoms with E-state index in [2.05, 4.69) is 46.8 Å². The van der Waals surface area contributed by atoms with Gasteiger partial charge in [-0.2, -0.15) is 0 Å². The number of benzene rings is 1. The molecular weight excluding hydrogens is 246 g/mol. The van der Waals surface area contributed by atoms with Crippen molar-refractivity contribution in [3.63, 3.8) is 0 Å². The van der Waals surface area contributed by atoms with Crippen LogP contribution in [-0.4, -0.2) is 14.5 Å². The zero-order valence-corrected chi connectivity index (χ0v) is 11.6. The quantitative estimate of drug-likeness (QED) is 0.722. The van der Waals surface area contributed by atoms with E-state index in [9.17, 15) is 0 Å². The van der Waals surface area contributed by atoms with Crippen LogP contribution >= 0.6 is 0 Å². The highest BCUT2D eigenvalue weighted by Gasteiger charge is 2.28. The molecule has 0 aliphatic heterocycles. The predicted molar refractivity (Wildman–Crippen MR) is 79.8 cm³/mol. The van der Waals surface area contributed by atoms with Gasteiger partial charge in [0.1, 0.15) is 11.3 Å². The molecule has 1 fully saturated rings. The van der Waals surface area contributed by atoms with Gasteiger partial charge in [-0.15, -0.1) is 0 Å². The molecule has 0 radical (unpaired) electrons. The molecule has 1 aliphatic rings. The first kappa shape index (κ1) is 11.6. The number of fused-ring (bicyclic) bond motifs is 1. The minimum atomic E-state index is 0.605. The molecule has 0 bridgehead atoms. The fourth-order valence-corrected chi connectivity index (χ4v) is 2.80. The van der Waals surface area contributed by atoms with Gasteiger partial charge in [0, 0.05) is 18.7 Å². The fourth-order valence-electron chi connectivity index (χ4n) is 2.80. The van der Waals surface area contributed by atoms with Gasteiger partial charge < -0.3 is 4.57 Å². The lowest BCUT2D eigenvalue weighted by Crippen LogP contribution is -2.04. The second kappa shape index (κ2) is 4.44. The van der Waals surface area contributed by atoms with Crippen molar-refractivity contribution in [2.75, 3.05) is 0 Å². The molecule has 3 nitrogen and oxygen atoms in total. The first-order chi connectivity index (χ1) is 9.83. The van der Waals surface area contributed by atoms with Crippen LogP contribution < -0.4 is 0 Å².